The van der Waals surface area contributed by atoms with Crippen LogP contribution in [0.15, 0.2) is 71.8 Å². The number of rotatable bonds is 5. The van der Waals surface area contributed by atoms with Crippen molar-refractivity contribution in [2.24, 2.45) is 0 Å². The molecule has 8 heteroatoms. The summed E-state index contributed by atoms with van der Waals surface area (Å²) in [5.74, 6) is -0.0129. The van der Waals surface area contributed by atoms with E-state index < -0.39 is 15.9 Å². The summed E-state index contributed by atoms with van der Waals surface area (Å²) in [6, 6.07) is 16.0. The Bertz CT molecular complexity index is 1130. The van der Waals surface area contributed by atoms with Crippen LogP contribution in [-0.4, -0.2) is 26.4 Å². The summed E-state index contributed by atoms with van der Waals surface area (Å²) in [6.45, 7) is 1.82. The number of pyridine rings is 1. The Kier molecular flexibility index (Phi) is 5.67. The van der Waals surface area contributed by atoms with Crippen molar-refractivity contribution in [3.8, 4) is 0 Å². The molecular formula is C20H18ClN3O3S. The van der Waals surface area contributed by atoms with E-state index in [1.165, 1.54) is 25.2 Å². The number of aryl methyl sites for hydroxylation is 1. The molecule has 0 bridgehead atoms. The monoisotopic (exact) mass is 415 g/mol. The van der Waals surface area contributed by atoms with Crippen molar-refractivity contribution >= 4 is 39.0 Å². The second-order valence-corrected chi connectivity index (χ2v) is 8.51. The van der Waals surface area contributed by atoms with Crippen LogP contribution < -0.4 is 9.62 Å². The van der Waals surface area contributed by atoms with Crippen molar-refractivity contribution in [2.75, 3.05) is 16.7 Å². The summed E-state index contributed by atoms with van der Waals surface area (Å²) in [7, 11) is -2.43. The lowest BCUT2D eigenvalue weighted by atomic mass is 10.2. The van der Waals surface area contributed by atoms with Gasteiger partial charge in [0.2, 0.25) is 0 Å². The van der Waals surface area contributed by atoms with Gasteiger partial charge in [-0.3, -0.25) is 9.10 Å². The average molecular weight is 416 g/mol. The van der Waals surface area contributed by atoms with E-state index in [0.29, 0.717) is 16.5 Å². The van der Waals surface area contributed by atoms with Gasteiger partial charge in [-0.1, -0.05) is 29.8 Å². The molecule has 0 saturated carbocycles. The largest absolute Gasteiger partial charge is 0.306 e. The molecule has 0 radical (unpaired) electrons. The minimum atomic E-state index is -3.87. The Hall–Kier alpha value is -2.90. The molecule has 0 spiro atoms. The van der Waals surface area contributed by atoms with Crippen LogP contribution in [0.2, 0.25) is 5.02 Å². The van der Waals surface area contributed by atoms with Gasteiger partial charge in [0.05, 0.1) is 10.6 Å². The van der Waals surface area contributed by atoms with E-state index in [1.54, 1.807) is 42.6 Å². The number of aromatic nitrogens is 1. The first-order valence-electron chi connectivity index (χ1n) is 8.36. The molecule has 2 aromatic carbocycles. The van der Waals surface area contributed by atoms with E-state index in [9.17, 15) is 13.2 Å². The van der Waals surface area contributed by atoms with Gasteiger partial charge in [-0.05, 0) is 55.0 Å². The summed E-state index contributed by atoms with van der Waals surface area (Å²) < 4.78 is 27.1. The summed E-state index contributed by atoms with van der Waals surface area (Å²) in [5.41, 5.74) is 1.44. The van der Waals surface area contributed by atoms with E-state index in [0.717, 1.165) is 9.87 Å². The van der Waals surface area contributed by atoms with Crippen molar-refractivity contribution in [1.29, 1.82) is 0 Å². The average Bonchev–Trinajstić information content (AvgIpc) is 2.69. The van der Waals surface area contributed by atoms with E-state index in [-0.39, 0.29) is 10.5 Å². The van der Waals surface area contributed by atoms with Gasteiger partial charge in [0, 0.05) is 23.8 Å². The summed E-state index contributed by atoms with van der Waals surface area (Å²) >= 11 is 5.96. The number of nitrogens with one attached hydrogen (secondary N) is 1. The molecule has 3 aromatic rings. The third-order valence-electron chi connectivity index (χ3n) is 4.17. The molecule has 28 heavy (non-hydrogen) atoms. The van der Waals surface area contributed by atoms with Gasteiger partial charge in [0.25, 0.3) is 15.9 Å². The molecule has 1 N–H and O–H groups in total. The van der Waals surface area contributed by atoms with Crippen molar-refractivity contribution in [1.82, 2.24) is 4.98 Å². The molecule has 1 heterocycles. The van der Waals surface area contributed by atoms with E-state index in [2.05, 4.69) is 10.3 Å². The Labute approximate surface area is 168 Å². The third kappa shape index (κ3) is 4.16. The van der Waals surface area contributed by atoms with E-state index in [1.807, 2.05) is 13.0 Å². The van der Waals surface area contributed by atoms with Crippen molar-refractivity contribution in [2.45, 2.75) is 11.8 Å². The molecule has 1 aromatic heterocycles. The maximum Gasteiger partial charge on any atom is 0.264 e. The van der Waals surface area contributed by atoms with Crippen LogP contribution in [0.1, 0.15) is 15.9 Å². The third-order valence-corrected chi connectivity index (χ3v) is 6.18. The summed E-state index contributed by atoms with van der Waals surface area (Å²) in [5, 5.41) is 3.13. The van der Waals surface area contributed by atoms with Crippen molar-refractivity contribution in [3.63, 3.8) is 0 Å². The first kappa shape index (κ1) is 19.9. The maximum absolute atomic E-state index is 13.0. The zero-order valence-corrected chi connectivity index (χ0v) is 16.8. The van der Waals surface area contributed by atoms with Crippen LogP contribution in [0.25, 0.3) is 0 Å². The number of carbonyl (C=O) groups is 1. The number of carbonyl (C=O) groups excluding carboxylic acids is 1. The highest BCUT2D eigenvalue weighted by atomic mass is 35.5. The van der Waals surface area contributed by atoms with Gasteiger partial charge in [-0.2, -0.15) is 0 Å². The van der Waals surface area contributed by atoms with Crippen LogP contribution in [0.4, 0.5) is 11.5 Å². The highest BCUT2D eigenvalue weighted by Gasteiger charge is 2.23. The smallest absolute Gasteiger partial charge is 0.264 e. The summed E-state index contributed by atoms with van der Waals surface area (Å²) in [6.07, 6.45) is 1.57. The van der Waals surface area contributed by atoms with Crippen LogP contribution in [0, 0.1) is 6.92 Å². The van der Waals surface area contributed by atoms with Gasteiger partial charge in [-0.15, -0.1) is 0 Å². The molecule has 0 aliphatic carbocycles. The SMILES string of the molecule is Cc1cccnc1NC(=O)c1cccc(S(=O)(=O)N(C)c2cccc(Cl)c2)c1. The van der Waals surface area contributed by atoms with Crippen molar-refractivity contribution in [3.05, 3.63) is 83.0 Å². The molecule has 0 saturated heterocycles. The molecule has 0 unspecified atom stereocenters. The zero-order valence-electron chi connectivity index (χ0n) is 15.3. The summed E-state index contributed by atoms with van der Waals surface area (Å²) in [4.78, 5) is 16.7. The number of nitrogens with zero attached hydrogens (tertiary/aromatic N) is 2. The molecule has 3 rings (SSSR count). The number of anilines is 2. The Morgan fingerprint density at radius 2 is 1.82 bits per heavy atom. The van der Waals surface area contributed by atoms with E-state index >= 15 is 0 Å². The minimum absolute atomic E-state index is 0.000341. The Morgan fingerprint density at radius 1 is 1.07 bits per heavy atom. The highest BCUT2D eigenvalue weighted by molar-refractivity contribution is 7.92. The van der Waals surface area contributed by atoms with Gasteiger partial charge >= 0.3 is 0 Å². The zero-order chi connectivity index (χ0) is 20.3. The lowest BCUT2D eigenvalue weighted by molar-refractivity contribution is 0.102. The fraction of sp³-hybridized carbons (Fsp3) is 0.100. The topological polar surface area (TPSA) is 79.4 Å². The molecule has 0 aliphatic rings. The number of amides is 1. The second kappa shape index (κ2) is 8.00. The predicted molar refractivity (Wildman–Crippen MR) is 110 cm³/mol. The second-order valence-electron chi connectivity index (χ2n) is 6.10. The lowest BCUT2D eigenvalue weighted by Gasteiger charge is -2.20. The minimum Gasteiger partial charge on any atom is -0.306 e. The number of halogens is 1. The van der Waals surface area contributed by atoms with Gasteiger partial charge < -0.3 is 5.32 Å². The van der Waals surface area contributed by atoms with Gasteiger partial charge in [-0.25, -0.2) is 13.4 Å². The standard InChI is InChI=1S/C20H18ClN3O3S/c1-14-6-5-11-22-19(14)23-20(25)15-7-3-10-18(12-15)28(26,27)24(2)17-9-4-8-16(21)13-17/h3-13H,1-2H3,(H,22,23,25). The Morgan fingerprint density at radius 3 is 2.54 bits per heavy atom. The number of hydrogen-bond donors (Lipinski definition) is 1. The number of benzene rings is 2. The normalized spacial score (nSPS) is 11.1. The van der Waals surface area contributed by atoms with Crippen molar-refractivity contribution < 1.29 is 13.2 Å². The fourth-order valence-corrected chi connectivity index (χ4v) is 3.98. The van der Waals surface area contributed by atoms with E-state index in [4.69, 9.17) is 11.6 Å². The highest BCUT2D eigenvalue weighted by Crippen LogP contribution is 2.25. The van der Waals surface area contributed by atoms with Gasteiger partial charge in [0.1, 0.15) is 5.82 Å². The predicted octanol–water partition coefficient (Wildman–Crippen LogP) is 4.12. The molecule has 0 fully saturated rings. The lowest BCUT2D eigenvalue weighted by Crippen LogP contribution is -2.27. The van der Waals surface area contributed by atoms with Crippen LogP contribution in [0.3, 0.4) is 0 Å². The fourth-order valence-electron chi connectivity index (χ4n) is 2.56. The molecule has 144 valence electrons. The molecular weight excluding hydrogens is 398 g/mol. The van der Waals surface area contributed by atoms with Crippen LogP contribution >= 0.6 is 11.6 Å². The molecule has 0 atom stereocenters. The number of sulfonamides is 1. The first-order chi connectivity index (χ1) is 13.3. The molecule has 1 amide bonds. The maximum atomic E-state index is 13.0. The van der Waals surface area contributed by atoms with Crippen LogP contribution in [0.5, 0.6) is 0 Å². The van der Waals surface area contributed by atoms with Crippen LogP contribution in [-0.2, 0) is 10.0 Å². The Balaban J connectivity index is 1.89. The quantitative estimate of drug-likeness (QED) is 0.679. The van der Waals surface area contributed by atoms with Gasteiger partial charge in [0.15, 0.2) is 0 Å². The number of hydrogen-bond acceptors (Lipinski definition) is 4. The molecule has 6 nitrogen and oxygen atoms in total. The first-order valence-corrected chi connectivity index (χ1v) is 10.2. The molecule has 0 aliphatic heterocycles.